The van der Waals surface area contributed by atoms with Gasteiger partial charge in [-0.2, -0.15) is 0 Å². The third-order valence-corrected chi connectivity index (χ3v) is 11.5. The first-order chi connectivity index (χ1) is 16.0. The van der Waals surface area contributed by atoms with Gasteiger partial charge in [-0.1, -0.05) is 110 Å². The van der Waals surface area contributed by atoms with Crippen LogP contribution in [-0.2, 0) is 19.6 Å². The maximum Gasteiger partial charge on any atom is 0.163 e. The molecule has 3 aromatic rings. The summed E-state index contributed by atoms with van der Waals surface area (Å²) in [6, 6.07) is 26.6. The van der Waals surface area contributed by atoms with Gasteiger partial charge in [0.05, 0.1) is 0 Å². The van der Waals surface area contributed by atoms with E-state index in [9.17, 15) is 0 Å². The van der Waals surface area contributed by atoms with Crippen LogP contribution < -0.4 is 32.8 Å². The molecule has 169 valence electrons. The minimum Gasteiger partial charge on any atom is -0.326 e. The predicted octanol–water partition coefficient (Wildman–Crippen LogP) is 2.80. The van der Waals surface area contributed by atoms with Crippen molar-refractivity contribution in [3.63, 3.8) is 0 Å². The number of hydrogen-bond donors (Lipinski definition) is 3. The predicted molar refractivity (Wildman–Crippen MR) is 143 cm³/mol. The summed E-state index contributed by atoms with van der Waals surface area (Å²) >= 11 is 0. The third-order valence-electron chi connectivity index (χ3n) is 6.66. The lowest BCUT2D eigenvalue weighted by Gasteiger charge is -2.40. The molecule has 0 heterocycles. The summed E-state index contributed by atoms with van der Waals surface area (Å²) < 4.78 is 0. The van der Waals surface area contributed by atoms with E-state index in [1.807, 2.05) is 0 Å². The summed E-state index contributed by atoms with van der Waals surface area (Å²) in [4.78, 5) is 0. The number of benzene rings is 3. The topological polar surface area (TPSA) is 78.1 Å². The maximum absolute atomic E-state index is 6.11. The largest absolute Gasteiger partial charge is 0.326 e. The molecule has 0 atom stereocenters. The average molecular weight is 453 g/mol. The van der Waals surface area contributed by atoms with Crippen LogP contribution in [0.2, 0.25) is 0 Å². The highest BCUT2D eigenvalue weighted by Crippen LogP contribution is 2.36. The van der Waals surface area contributed by atoms with Crippen molar-refractivity contribution in [1.82, 2.24) is 0 Å². The molecule has 0 bridgehead atoms. The van der Waals surface area contributed by atoms with Gasteiger partial charge in [-0.25, -0.2) is 0 Å². The van der Waals surface area contributed by atoms with Crippen LogP contribution in [0, 0.1) is 11.5 Å². The zero-order chi connectivity index (χ0) is 23.4. The minimum absolute atomic E-state index is 0.412. The SMILES string of the molecule is CC(C)C1=CC=C[C]1[Si](c1cccc(CN)c1)(c1cccc(CN)c1)c1cccc(CN)c1. The van der Waals surface area contributed by atoms with Crippen molar-refractivity contribution in [3.8, 4) is 0 Å². The molecule has 0 saturated heterocycles. The number of hydrogen-bond acceptors (Lipinski definition) is 3. The van der Waals surface area contributed by atoms with Gasteiger partial charge >= 0.3 is 0 Å². The zero-order valence-corrected chi connectivity index (χ0v) is 20.6. The van der Waals surface area contributed by atoms with Crippen LogP contribution >= 0.6 is 0 Å². The molecule has 0 saturated carbocycles. The molecule has 3 nitrogen and oxygen atoms in total. The first kappa shape index (κ1) is 23.4. The summed E-state index contributed by atoms with van der Waals surface area (Å²) in [6.07, 6.45) is 6.83. The molecule has 0 spiro atoms. The number of rotatable bonds is 8. The Balaban J connectivity index is 2.13. The molecule has 1 aliphatic rings. The quantitative estimate of drug-likeness (QED) is 0.363. The monoisotopic (exact) mass is 452 g/mol. The van der Waals surface area contributed by atoms with Crippen molar-refractivity contribution in [2.45, 2.75) is 33.5 Å². The van der Waals surface area contributed by atoms with E-state index in [4.69, 9.17) is 17.2 Å². The Morgan fingerprint density at radius 1 is 0.667 bits per heavy atom. The van der Waals surface area contributed by atoms with Crippen LogP contribution in [0.25, 0.3) is 0 Å². The van der Waals surface area contributed by atoms with Gasteiger partial charge in [-0.05, 0) is 38.2 Å². The summed E-state index contributed by atoms with van der Waals surface area (Å²) in [5.74, 6) is 0.412. The maximum atomic E-state index is 6.11. The first-order valence-corrected chi connectivity index (χ1v) is 13.7. The molecule has 0 aliphatic heterocycles. The summed E-state index contributed by atoms with van der Waals surface area (Å²) in [6.45, 7) is 6.11. The molecule has 4 heteroatoms. The summed E-state index contributed by atoms with van der Waals surface area (Å²) in [7, 11) is -2.66. The highest BCUT2D eigenvalue weighted by molar-refractivity contribution is 7.16. The summed E-state index contributed by atoms with van der Waals surface area (Å²) in [5.41, 5.74) is 24.6. The summed E-state index contributed by atoms with van der Waals surface area (Å²) in [5, 5.41) is 4.01. The van der Waals surface area contributed by atoms with Gasteiger partial charge in [0.15, 0.2) is 8.07 Å². The molecule has 1 aliphatic carbocycles. The molecular weight excluding hydrogens is 418 g/mol. The van der Waals surface area contributed by atoms with Gasteiger partial charge in [0.2, 0.25) is 0 Å². The fraction of sp³-hybridized carbons (Fsp3) is 0.207. The Morgan fingerprint density at radius 3 is 1.45 bits per heavy atom. The van der Waals surface area contributed by atoms with E-state index in [2.05, 4.69) is 105 Å². The van der Waals surface area contributed by atoms with E-state index in [-0.39, 0.29) is 0 Å². The van der Waals surface area contributed by atoms with Crippen LogP contribution in [0.4, 0.5) is 0 Å². The molecule has 1 radical (unpaired) electrons. The Bertz CT molecular complexity index is 1060. The lowest BCUT2D eigenvalue weighted by atomic mass is 10.0. The van der Waals surface area contributed by atoms with E-state index in [1.54, 1.807) is 0 Å². The molecule has 33 heavy (non-hydrogen) atoms. The van der Waals surface area contributed by atoms with Gasteiger partial charge in [0.25, 0.3) is 0 Å². The second kappa shape index (κ2) is 10.0. The second-order valence-electron chi connectivity index (χ2n) is 9.01. The molecular formula is C29H34N3Si. The smallest absolute Gasteiger partial charge is 0.163 e. The van der Waals surface area contributed by atoms with E-state index in [0.717, 1.165) is 16.7 Å². The van der Waals surface area contributed by atoms with Crippen molar-refractivity contribution >= 4 is 23.6 Å². The van der Waals surface area contributed by atoms with E-state index in [1.165, 1.54) is 26.7 Å². The Kier molecular flexibility index (Phi) is 7.10. The van der Waals surface area contributed by atoms with Crippen LogP contribution in [0.5, 0.6) is 0 Å². The second-order valence-corrected chi connectivity index (χ2v) is 12.8. The third kappa shape index (κ3) is 4.27. The molecule has 6 N–H and O–H groups in total. The van der Waals surface area contributed by atoms with Crippen molar-refractivity contribution in [1.29, 1.82) is 0 Å². The van der Waals surface area contributed by atoms with Crippen LogP contribution in [-0.4, -0.2) is 8.07 Å². The standard InChI is InChI=1S/C29H34N3Si/c1-21(2)28-13-6-14-29(28)33(25-10-3-7-22(15-25)18-30,26-11-4-8-23(16-26)19-31)27-12-5-9-24(17-27)20-32/h3-17,21H,18-20,30-32H2,1-2H3. The number of nitrogens with two attached hydrogens (primary N) is 3. The molecule has 0 amide bonds. The fourth-order valence-electron chi connectivity index (χ4n) is 5.04. The fourth-order valence-corrected chi connectivity index (χ4v) is 10.4. The van der Waals surface area contributed by atoms with E-state index < -0.39 is 8.07 Å². The van der Waals surface area contributed by atoms with Crippen LogP contribution in [0.1, 0.15) is 30.5 Å². The highest BCUT2D eigenvalue weighted by atomic mass is 28.3. The minimum atomic E-state index is -2.66. The number of allylic oxidation sites excluding steroid dienone is 4. The van der Waals surface area contributed by atoms with Crippen molar-refractivity contribution in [2.75, 3.05) is 0 Å². The van der Waals surface area contributed by atoms with Gasteiger partial charge in [0, 0.05) is 25.2 Å². The van der Waals surface area contributed by atoms with Crippen molar-refractivity contribution < 1.29 is 0 Å². The van der Waals surface area contributed by atoms with Crippen LogP contribution in [0.3, 0.4) is 0 Å². The van der Waals surface area contributed by atoms with E-state index in [0.29, 0.717) is 25.6 Å². The normalized spacial score (nSPS) is 14.2. The average Bonchev–Trinajstić information content (AvgIpc) is 3.35. The first-order valence-electron chi connectivity index (χ1n) is 11.7. The lowest BCUT2D eigenvalue weighted by molar-refractivity contribution is 0.777. The molecule has 3 aromatic carbocycles. The Morgan fingerprint density at radius 2 is 1.09 bits per heavy atom. The highest BCUT2D eigenvalue weighted by Gasteiger charge is 2.48. The van der Waals surface area contributed by atoms with Crippen LogP contribution in [0.15, 0.2) is 96.6 Å². The zero-order valence-electron chi connectivity index (χ0n) is 19.6. The lowest BCUT2D eigenvalue weighted by Crippen LogP contribution is -2.71. The van der Waals surface area contributed by atoms with Crippen molar-refractivity contribution in [2.24, 2.45) is 23.1 Å². The molecule has 0 fully saturated rings. The Labute approximate surface area is 199 Å². The molecule has 0 unspecified atom stereocenters. The van der Waals surface area contributed by atoms with Gasteiger partial charge in [-0.3, -0.25) is 0 Å². The van der Waals surface area contributed by atoms with Gasteiger partial charge < -0.3 is 17.2 Å². The van der Waals surface area contributed by atoms with E-state index >= 15 is 0 Å². The van der Waals surface area contributed by atoms with Gasteiger partial charge in [-0.15, -0.1) is 0 Å². The van der Waals surface area contributed by atoms with Crippen molar-refractivity contribution in [3.05, 3.63) is 119 Å². The molecule has 4 rings (SSSR count). The molecule has 0 aromatic heterocycles. The Hall–Kier alpha value is -2.76. The van der Waals surface area contributed by atoms with Gasteiger partial charge in [0.1, 0.15) is 0 Å².